The summed E-state index contributed by atoms with van der Waals surface area (Å²) in [5.41, 5.74) is 7.04. The number of benzene rings is 2. The summed E-state index contributed by atoms with van der Waals surface area (Å²) in [4.78, 5) is 45.4. The van der Waals surface area contributed by atoms with E-state index in [0.29, 0.717) is 29.8 Å². The number of anilines is 1. The van der Waals surface area contributed by atoms with Crippen LogP contribution in [0.2, 0.25) is 0 Å². The van der Waals surface area contributed by atoms with Gasteiger partial charge in [0.2, 0.25) is 5.43 Å². The molecule has 0 saturated heterocycles. The Labute approximate surface area is 281 Å². The van der Waals surface area contributed by atoms with Gasteiger partial charge in [0.25, 0.3) is 11.8 Å². The number of quaternary nitrogens is 1. The number of nitrogens with zero attached hydrogens (tertiary/aromatic N) is 1. The number of unbranched alkanes of at least 4 members (excludes halogenated alkanes) is 15. The number of nitrogens with one attached hydrogen (secondary N) is 3. The number of nitrogens with two attached hydrogens (primary N) is 1. The van der Waals surface area contributed by atoms with Gasteiger partial charge in [0.1, 0.15) is 11.2 Å². The zero-order valence-corrected chi connectivity index (χ0v) is 29.5. The highest BCUT2D eigenvalue weighted by atomic mass is 16.3. The molecule has 260 valence electrons. The van der Waals surface area contributed by atoms with Gasteiger partial charge in [-0.1, -0.05) is 109 Å². The van der Waals surface area contributed by atoms with Gasteiger partial charge < -0.3 is 25.7 Å². The molecular formula is C38H60N5O4+. The molecule has 0 fully saturated rings. The van der Waals surface area contributed by atoms with Crippen molar-refractivity contribution in [2.45, 2.75) is 123 Å². The Hall–Kier alpha value is -3.46. The first-order chi connectivity index (χ1) is 22.8. The van der Waals surface area contributed by atoms with Crippen molar-refractivity contribution in [2.75, 3.05) is 39.5 Å². The molecule has 1 heterocycles. The molecule has 47 heavy (non-hydrogen) atoms. The minimum atomic E-state index is -0.481. The Bertz CT molecular complexity index is 1430. The second-order valence-electron chi connectivity index (χ2n) is 13.4. The van der Waals surface area contributed by atoms with Crippen LogP contribution in [-0.4, -0.2) is 50.5 Å². The Balaban J connectivity index is 1.48. The van der Waals surface area contributed by atoms with Crippen molar-refractivity contribution in [3.8, 4) is 11.5 Å². The van der Waals surface area contributed by atoms with Gasteiger partial charge in [-0.05, 0) is 25.5 Å². The van der Waals surface area contributed by atoms with Crippen molar-refractivity contribution in [2.24, 2.45) is 0 Å². The van der Waals surface area contributed by atoms with Crippen molar-refractivity contribution in [1.82, 2.24) is 15.6 Å². The average molecular weight is 651 g/mol. The molecular weight excluding hydrogens is 590 g/mol. The fraction of sp³-hybridized carbons (Fsp3) is 0.632. The Morgan fingerprint density at radius 1 is 0.787 bits per heavy atom. The van der Waals surface area contributed by atoms with Crippen LogP contribution in [0.1, 0.15) is 142 Å². The first-order valence-corrected chi connectivity index (χ1v) is 18.3. The molecule has 9 nitrogen and oxygen atoms in total. The normalized spacial score (nSPS) is 11.5. The van der Waals surface area contributed by atoms with Gasteiger partial charge in [-0.2, -0.15) is 0 Å². The van der Waals surface area contributed by atoms with Gasteiger partial charge >= 0.3 is 0 Å². The van der Waals surface area contributed by atoms with E-state index in [2.05, 4.69) is 17.6 Å². The van der Waals surface area contributed by atoms with Crippen molar-refractivity contribution in [3.05, 3.63) is 45.1 Å². The summed E-state index contributed by atoms with van der Waals surface area (Å²) >= 11 is 0. The van der Waals surface area contributed by atoms with E-state index in [9.17, 15) is 14.4 Å². The van der Waals surface area contributed by atoms with Crippen LogP contribution in [0.25, 0.3) is 22.6 Å². The zero-order chi connectivity index (χ0) is 34.0. The largest absolute Gasteiger partial charge is 0.452 e. The van der Waals surface area contributed by atoms with Crippen molar-refractivity contribution >= 4 is 28.6 Å². The van der Waals surface area contributed by atoms with Crippen LogP contribution in [0.3, 0.4) is 0 Å². The number of fused-ring (bicyclic) bond motifs is 2. The minimum absolute atomic E-state index is 0.0122. The number of hydrogen-bond acceptors (Lipinski definition) is 6. The van der Waals surface area contributed by atoms with Gasteiger partial charge in [0, 0.05) is 25.1 Å². The van der Waals surface area contributed by atoms with E-state index in [0.717, 1.165) is 25.8 Å². The number of para-hydroxylation sites is 1. The number of carbonyl (C=O) groups is 2. The lowest BCUT2D eigenvalue weighted by Gasteiger charge is -2.16. The molecule has 0 unspecified atom stereocenters. The van der Waals surface area contributed by atoms with E-state index >= 15 is 0 Å². The average Bonchev–Trinajstić information content (AvgIpc) is 3.06. The lowest BCUT2D eigenvalue weighted by molar-refractivity contribution is -0.858. The molecule has 3 rings (SSSR count). The third kappa shape index (κ3) is 11.9. The van der Waals surface area contributed by atoms with Crippen LogP contribution in [-0.2, 0) is 0 Å². The molecule has 0 aromatic heterocycles. The fourth-order valence-electron chi connectivity index (χ4n) is 6.13. The van der Waals surface area contributed by atoms with E-state index < -0.39 is 11.3 Å². The van der Waals surface area contributed by atoms with Crippen LogP contribution in [0, 0.1) is 6.92 Å². The maximum atomic E-state index is 13.2. The van der Waals surface area contributed by atoms with Crippen molar-refractivity contribution in [1.29, 1.82) is 0 Å². The van der Waals surface area contributed by atoms with Crippen molar-refractivity contribution in [3.63, 3.8) is 0 Å². The number of nitrogen functional groups attached to an aromatic ring is 1. The fourth-order valence-corrected chi connectivity index (χ4v) is 6.13. The van der Waals surface area contributed by atoms with E-state index in [-0.39, 0.29) is 34.2 Å². The van der Waals surface area contributed by atoms with Crippen LogP contribution in [0.5, 0.6) is 0 Å². The third-order valence-electron chi connectivity index (χ3n) is 9.01. The van der Waals surface area contributed by atoms with Gasteiger partial charge in [-0.25, -0.2) is 4.98 Å². The molecule has 5 N–H and O–H groups in total. The van der Waals surface area contributed by atoms with Gasteiger partial charge in [-0.3, -0.25) is 14.4 Å². The second kappa shape index (κ2) is 20.7. The van der Waals surface area contributed by atoms with Gasteiger partial charge in [0.05, 0.1) is 37.5 Å². The lowest BCUT2D eigenvalue weighted by atomic mass is 10.00. The molecule has 1 aromatic carbocycles. The Morgan fingerprint density at radius 3 is 1.89 bits per heavy atom. The van der Waals surface area contributed by atoms with E-state index in [1.807, 2.05) is 14.1 Å². The smallest absolute Gasteiger partial charge is 0.255 e. The molecule has 0 bridgehead atoms. The Morgan fingerprint density at radius 2 is 1.32 bits per heavy atom. The summed E-state index contributed by atoms with van der Waals surface area (Å²) in [5.74, 6) is -0.530. The number of amides is 2. The summed E-state index contributed by atoms with van der Waals surface area (Å²) in [7, 11) is 4.09. The van der Waals surface area contributed by atoms with Crippen LogP contribution in [0.15, 0.2) is 27.4 Å². The molecule has 2 amide bonds. The highest BCUT2D eigenvalue weighted by Crippen LogP contribution is 2.33. The van der Waals surface area contributed by atoms with E-state index in [4.69, 9.17) is 15.1 Å². The summed E-state index contributed by atoms with van der Waals surface area (Å²) in [6.07, 6.45) is 21.6. The van der Waals surface area contributed by atoms with Crippen LogP contribution >= 0.6 is 0 Å². The predicted molar refractivity (Wildman–Crippen MR) is 193 cm³/mol. The third-order valence-corrected chi connectivity index (χ3v) is 9.01. The highest BCUT2D eigenvalue weighted by molar-refractivity contribution is 6.08. The standard InChI is InChI=1S/C38H59N5O4/c1-5-6-7-8-9-10-11-12-13-14-15-16-17-18-19-20-25-40-37(45)29-23-21-24-30-33(29)42-34-31(38(46)41-26-22-27-43(3)4)32(39)35(44)28(2)36(34)47-30/h21,23-24H,5-20,22,25-27,39H2,1-4H3,(H,40,45)(H,41,46)/p+1. The zero-order valence-electron chi connectivity index (χ0n) is 29.5. The lowest BCUT2D eigenvalue weighted by Crippen LogP contribution is -3.05. The maximum Gasteiger partial charge on any atom is 0.255 e. The Kier molecular flexibility index (Phi) is 16.7. The minimum Gasteiger partial charge on any atom is -0.452 e. The highest BCUT2D eigenvalue weighted by Gasteiger charge is 2.28. The SMILES string of the molecule is CCCCCCCCCCCCCCCCCCNC(=O)c1cccc2oc3c(C)c(=O)c(N)c(C(=O)NCCC[NH+](C)C)c-3nc12. The summed E-state index contributed by atoms with van der Waals surface area (Å²) in [6.45, 7) is 5.77. The van der Waals surface area contributed by atoms with Crippen LogP contribution < -0.4 is 26.7 Å². The topological polar surface area (TPSA) is 132 Å². The molecule has 0 radical (unpaired) electrons. The van der Waals surface area contributed by atoms with E-state index in [1.165, 1.54) is 94.8 Å². The molecule has 1 aromatic rings. The van der Waals surface area contributed by atoms with Gasteiger partial charge in [0.15, 0.2) is 11.3 Å². The molecule has 0 saturated carbocycles. The predicted octanol–water partition coefficient (Wildman–Crippen LogP) is 6.44. The number of aromatic nitrogens is 1. The second-order valence-corrected chi connectivity index (χ2v) is 13.4. The number of rotatable bonds is 23. The first-order valence-electron chi connectivity index (χ1n) is 18.3. The van der Waals surface area contributed by atoms with Crippen molar-refractivity contribution < 1.29 is 18.9 Å². The van der Waals surface area contributed by atoms with Crippen LogP contribution in [0.4, 0.5) is 5.69 Å². The molecule has 2 aliphatic rings. The van der Waals surface area contributed by atoms with E-state index in [1.54, 1.807) is 25.1 Å². The van der Waals surface area contributed by atoms with Gasteiger partial charge in [-0.15, -0.1) is 0 Å². The molecule has 0 spiro atoms. The quantitative estimate of drug-likeness (QED) is 0.0531. The molecule has 9 heteroatoms. The monoisotopic (exact) mass is 650 g/mol. The molecule has 0 atom stereocenters. The summed E-state index contributed by atoms with van der Waals surface area (Å²) in [5, 5.41) is 5.89. The summed E-state index contributed by atoms with van der Waals surface area (Å²) < 4.78 is 6.11. The molecule has 1 aliphatic heterocycles. The number of hydrogen-bond donors (Lipinski definition) is 4. The molecule has 1 aliphatic carbocycles. The number of carbonyl (C=O) groups excluding carboxylic acids is 2. The summed E-state index contributed by atoms with van der Waals surface area (Å²) in [6, 6.07) is 5.13. The first kappa shape index (κ1) is 38.0. The maximum absolute atomic E-state index is 13.2.